The number of urea groups is 1. The number of sulfonamides is 1. The van der Waals surface area contributed by atoms with E-state index in [1.54, 1.807) is 6.07 Å². The van der Waals surface area contributed by atoms with Gasteiger partial charge in [0.1, 0.15) is 5.82 Å². The van der Waals surface area contributed by atoms with E-state index in [0.29, 0.717) is 11.3 Å². The van der Waals surface area contributed by atoms with Crippen molar-refractivity contribution in [1.82, 2.24) is 9.62 Å². The summed E-state index contributed by atoms with van der Waals surface area (Å²) in [6.45, 7) is -0.0901. The van der Waals surface area contributed by atoms with Crippen LogP contribution >= 0.6 is 0 Å². The molecule has 0 aliphatic carbocycles. The van der Waals surface area contributed by atoms with Crippen LogP contribution in [-0.2, 0) is 10.0 Å². The molecule has 2 aromatic rings. The summed E-state index contributed by atoms with van der Waals surface area (Å²) in [4.78, 5) is 12.0. The summed E-state index contributed by atoms with van der Waals surface area (Å²) in [5.41, 5.74) is 0.757. The number of rotatable bonds is 6. The Morgan fingerprint density at radius 2 is 1.85 bits per heavy atom. The molecule has 2 amide bonds. The van der Waals surface area contributed by atoms with Crippen LogP contribution in [0.5, 0.6) is 0 Å². The van der Waals surface area contributed by atoms with Gasteiger partial charge in [0.15, 0.2) is 0 Å². The highest BCUT2D eigenvalue weighted by Gasteiger charge is 2.17. The molecule has 1 atom stereocenters. The average molecular weight is 381 g/mol. The van der Waals surface area contributed by atoms with Crippen molar-refractivity contribution in [3.8, 4) is 0 Å². The molecular formula is C17H20FN3O4S. The van der Waals surface area contributed by atoms with E-state index < -0.39 is 28.0 Å². The number of aliphatic hydroxyl groups excluding tert-OH is 1. The topological polar surface area (TPSA) is 98.7 Å². The number of hydrogen-bond donors (Lipinski definition) is 3. The Bertz CT molecular complexity index is 870. The fraction of sp³-hybridized carbons (Fsp3) is 0.235. The van der Waals surface area contributed by atoms with Gasteiger partial charge in [0.05, 0.1) is 11.0 Å². The highest BCUT2D eigenvalue weighted by molar-refractivity contribution is 7.89. The van der Waals surface area contributed by atoms with Gasteiger partial charge in [-0.1, -0.05) is 18.2 Å². The zero-order valence-electron chi connectivity index (χ0n) is 14.3. The van der Waals surface area contributed by atoms with Crippen LogP contribution < -0.4 is 10.6 Å². The molecular weight excluding hydrogens is 361 g/mol. The van der Waals surface area contributed by atoms with Gasteiger partial charge in [-0.25, -0.2) is 21.9 Å². The molecule has 2 rings (SSSR count). The molecule has 0 aliphatic heterocycles. The fourth-order valence-corrected chi connectivity index (χ4v) is 3.06. The normalized spacial score (nSPS) is 12.7. The number of benzene rings is 2. The molecule has 0 saturated heterocycles. The first kappa shape index (κ1) is 19.8. The molecule has 7 nitrogen and oxygen atoms in total. The second-order valence-electron chi connectivity index (χ2n) is 5.72. The number of nitrogens with zero attached hydrogens (tertiary/aromatic N) is 1. The summed E-state index contributed by atoms with van der Waals surface area (Å²) < 4.78 is 38.1. The monoisotopic (exact) mass is 381 g/mol. The Balaban J connectivity index is 1.97. The van der Waals surface area contributed by atoms with Crippen LogP contribution in [0.3, 0.4) is 0 Å². The van der Waals surface area contributed by atoms with Crippen molar-refractivity contribution in [2.45, 2.75) is 11.0 Å². The molecule has 26 heavy (non-hydrogen) atoms. The lowest BCUT2D eigenvalue weighted by molar-refractivity contribution is 0.175. The number of amides is 2. The Hall–Kier alpha value is -2.49. The highest BCUT2D eigenvalue weighted by atomic mass is 32.2. The summed E-state index contributed by atoms with van der Waals surface area (Å²) in [6, 6.07) is 10.5. The maximum absolute atomic E-state index is 12.9. The summed E-state index contributed by atoms with van der Waals surface area (Å²) in [6.07, 6.45) is -0.998. The van der Waals surface area contributed by atoms with Crippen molar-refractivity contribution in [2.24, 2.45) is 0 Å². The SMILES string of the molecule is CN(C)S(=O)(=O)c1cccc(NC(=O)NCC(O)c2ccc(F)cc2)c1. The van der Waals surface area contributed by atoms with Crippen molar-refractivity contribution in [3.05, 3.63) is 59.9 Å². The minimum atomic E-state index is -3.61. The smallest absolute Gasteiger partial charge is 0.319 e. The molecule has 0 saturated carbocycles. The number of carbonyl (C=O) groups is 1. The fourth-order valence-electron chi connectivity index (χ4n) is 2.11. The molecule has 0 fully saturated rings. The largest absolute Gasteiger partial charge is 0.387 e. The first-order chi connectivity index (χ1) is 12.2. The Morgan fingerprint density at radius 3 is 2.46 bits per heavy atom. The average Bonchev–Trinajstić information content (AvgIpc) is 2.60. The highest BCUT2D eigenvalue weighted by Crippen LogP contribution is 2.18. The van der Waals surface area contributed by atoms with Crippen molar-refractivity contribution >= 4 is 21.7 Å². The number of halogens is 1. The minimum Gasteiger partial charge on any atom is -0.387 e. The first-order valence-corrected chi connectivity index (χ1v) is 9.15. The van der Waals surface area contributed by atoms with Gasteiger partial charge < -0.3 is 15.7 Å². The lowest BCUT2D eigenvalue weighted by atomic mass is 10.1. The van der Waals surface area contributed by atoms with E-state index in [2.05, 4.69) is 10.6 Å². The van der Waals surface area contributed by atoms with Gasteiger partial charge in [0, 0.05) is 26.3 Å². The van der Waals surface area contributed by atoms with Crippen LogP contribution in [0.4, 0.5) is 14.9 Å². The van der Waals surface area contributed by atoms with E-state index in [-0.39, 0.29) is 11.4 Å². The van der Waals surface area contributed by atoms with E-state index in [0.717, 1.165) is 4.31 Å². The van der Waals surface area contributed by atoms with Gasteiger partial charge in [-0.2, -0.15) is 0 Å². The van der Waals surface area contributed by atoms with Crippen LogP contribution in [0.2, 0.25) is 0 Å². The molecule has 9 heteroatoms. The Morgan fingerprint density at radius 1 is 1.19 bits per heavy atom. The third-order valence-electron chi connectivity index (χ3n) is 3.58. The molecule has 0 heterocycles. The van der Waals surface area contributed by atoms with Crippen LogP contribution in [0.25, 0.3) is 0 Å². The number of hydrogen-bond acceptors (Lipinski definition) is 4. The lowest BCUT2D eigenvalue weighted by Gasteiger charge is -2.14. The molecule has 0 aliphatic rings. The van der Waals surface area contributed by atoms with Gasteiger partial charge >= 0.3 is 6.03 Å². The molecule has 140 valence electrons. The summed E-state index contributed by atoms with van der Waals surface area (Å²) in [7, 11) is -0.778. The summed E-state index contributed by atoms with van der Waals surface area (Å²) in [5.74, 6) is -0.417. The van der Waals surface area contributed by atoms with Gasteiger partial charge in [-0.15, -0.1) is 0 Å². The van der Waals surface area contributed by atoms with E-state index in [1.807, 2.05) is 0 Å². The van der Waals surface area contributed by atoms with Crippen molar-refractivity contribution in [2.75, 3.05) is 26.0 Å². The molecule has 0 spiro atoms. The molecule has 0 bridgehead atoms. The minimum absolute atomic E-state index is 0.0478. The standard InChI is InChI=1S/C17H20FN3O4S/c1-21(2)26(24,25)15-5-3-4-14(10-15)20-17(23)19-11-16(22)12-6-8-13(18)9-7-12/h3-10,16,22H,11H2,1-2H3,(H2,19,20,23). The van der Waals surface area contributed by atoms with Gasteiger partial charge in [-0.05, 0) is 35.9 Å². The number of carbonyl (C=O) groups excluding carboxylic acids is 1. The number of nitrogens with one attached hydrogen (secondary N) is 2. The van der Waals surface area contributed by atoms with Crippen LogP contribution in [0.15, 0.2) is 53.4 Å². The first-order valence-electron chi connectivity index (χ1n) is 7.71. The molecule has 0 radical (unpaired) electrons. The molecule has 3 N–H and O–H groups in total. The molecule has 1 unspecified atom stereocenters. The molecule has 0 aromatic heterocycles. The zero-order valence-corrected chi connectivity index (χ0v) is 15.1. The second-order valence-corrected chi connectivity index (χ2v) is 7.87. The quantitative estimate of drug-likeness (QED) is 0.712. The number of aliphatic hydroxyl groups is 1. The van der Waals surface area contributed by atoms with Crippen molar-refractivity contribution < 1.29 is 22.7 Å². The van der Waals surface area contributed by atoms with Gasteiger partial charge in [-0.3, -0.25) is 0 Å². The van der Waals surface area contributed by atoms with E-state index in [4.69, 9.17) is 0 Å². The predicted octanol–water partition coefficient (Wildman–Crippen LogP) is 1.93. The van der Waals surface area contributed by atoms with Gasteiger partial charge in [0.25, 0.3) is 0 Å². The van der Waals surface area contributed by atoms with Crippen LogP contribution in [0, 0.1) is 5.82 Å². The number of anilines is 1. The van der Waals surface area contributed by atoms with Gasteiger partial charge in [0.2, 0.25) is 10.0 Å². The van der Waals surface area contributed by atoms with E-state index >= 15 is 0 Å². The third kappa shape index (κ3) is 5.01. The van der Waals surface area contributed by atoms with E-state index in [1.165, 1.54) is 56.6 Å². The second kappa shape index (κ2) is 8.26. The molecule has 2 aromatic carbocycles. The van der Waals surface area contributed by atoms with E-state index in [9.17, 15) is 22.7 Å². The lowest BCUT2D eigenvalue weighted by Crippen LogP contribution is -2.32. The van der Waals surface area contributed by atoms with Crippen LogP contribution in [0.1, 0.15) is 11.7 Å². The predicted molar refractivity (Wildman–Crippen MR) is 95.7 cm³/mol. The summed E-state index contributed by atoms with van der Waals surface area (Å²) in [5, 5.41) is 15.0. The third-order valence-corrected chi connectivity index (χ3v) is 5.39. The van der Waals surface area contributed by atoms with Crippen molar-refractivity contribution in [1.29, 1.82) is 0 Å². The maximum Gasteiger partial charge on any atom is 0.319 e. The van der Waals surface area contributed by atoms with Crippen molar-refractivity contribution in [3.63, 3.8) is 0 Å². The summed E-state index contributed by atoms with van der Waals surface area (Å²) >= 11 is 0. The maximum atomic E-state index is 12.9. The van der Waals surface area contributed by atoms with Crippen LogP contribution in [-0.4, -0.2) is 44.5 Å². The zero-order chi connectivity index (χ0) is 19.3. The Labute approximate surface area is 151 Å². The Kier molecular flexibility index (Phi) is 6.30.